The third-order valence-corrected chi connectivity index (χ3v) is 4.04. The lowest BCUT2D eigenvalue weighted by atomic mass is 10.1. The molecule has 1 amide bonds. The number of aromatic carboxylic acids is 1. The minimum absolute atomic E-state index is 0.119. The number of carboxylic acid groups (broad SMARTS) is 1. The zero-order chi connectivity index (χ0) is 20.1. The van der Waals surface area contributed by atoms with Crippen LogP contribution >= 0.6 is 0 Å². The number of benzene rings is 1. The Morgan fingerprint density at radius 1 is 1.29 bits per heavy atom. The van der Waals surface area contributed by atoms with Gasteiger partial charge >= 0.3 is 5.97 Å². The summed E-state index contributed by atoms with van der Waals surface area (Å²) in [5, 5.41) is 17.3. The number of aryl methyl sites for hydroxylation is 1. The van der Waals surface area contributed by atoms with Crippen LogP contribution in [-0.2, 0) is 6.42 Å². The molecule has 28 heavy (non-hydrogen) atoms. The number of amides is 1. The normalized spacial score (nSPS) is 10.6. The lowest BCUT2D eigenvalue weighted by molar-refractivity contribution is 0.0688. The predicted molar refractivity (Wildman–Crippen MR) is 99.4 cm³/mol. The molecule has 3 rings (SSSR count). The number of carboxylic acids is 1. The molecule has 0 saturated carbocycles. The van der Waals surface area contributed by atoms with Crippen molar-refractivity contribution < 1.29 is 19.1 Å². The van der Waals surface area contributed by atoms with Crippen molar-refractivity contribution in [1.29, 1.82) is 0 Å². The number of carbonyl (C=O) groups excluding carboxylic acids is 1. The van der Waals surface area contributed by atoms with Crippen molar-refractivity contribution in [3.05, 3.63) is 72.2 Å². The molecule has 2 aromatic heterocycles. The molecule has 1 aromatic carbocycles. The number of carbonyl (C=O) groups is 2. The molecule has 0 bridgehead atoms. The average Bonchev–Trinajstić information content (AvgIpc) is 3.34. The quantitative estimate of drug-likeness (QED) is 0.594. The van der Waals surface area contributed by atoms with E-state index < -0.39 is 5.97 Å². The van der Waals surface area contributed by atoms with Crippen LogP contribution in [0.3, 0.4) is 0 Å². The van der Waals surface area contributed by atoms with Gasteiger partial charge < -0.3 is 14.4 Å². The van der Waals surface area contributed by atoms with E-state index >= 15 is 0 Å². The minimum Gasteiger partial charge on any atom is -0.476 e. The van der Waals surface area contributed by atoms with Crippen molar-refractivity contribution in [1.82, 2.24) is 24.9 Å². The Labute approximate surface area is 160 Å². The first-order valence-corrected chi connectivity index (χ1v) is 8.56. The Morgan fingerprint density at radius 3 is 2.64 bits per heavy atom. The number of rotatable bonds is 8. The first kappa shape index (κ1) is 19.0. The van der Waals surface area contributed by atoms with E-state index in [1.807, 2.05) is 0 Å². The van der Waals surface area contributed by atoms with Crippen LogP contribution in [0.25, 0.3) is 5.69 Å². The summed E-state index contributed by atoms with van der Waals surface area (Å²) in [7, 11) is 0. The third kappa shape index (κ3) is 3.98. The number of nitrogens with zero attached hydrogens (tertiary/aromatic N) is 5. The summed E-state index contributed by atoms with van der Waals surface area (Å²) in [5.74, 6) is -0.875. The van der Waals surface area contributed by atoms with E-state index in [9.17, 15) is 9.59 Å². The average molecular weight is 381 g/mol. The van der Waals surface area contributed by atoms with E-state index in [0.29, 0.717) is 17.8 Å². The van der Waals surface area contributed by atoms with Gasteiger partial charge in [0.2, 0.25) is 0 Å². The first-order chi connectivity index (χ1) is 13.5. The fourth-order valence-corrected chi connectivity index (χ4v) is 2.76. The van der Waals surface area contributed by atoms with Crippen LogP contribution < -0.4 is 0 Å². The summed E-state index contributed by atoms with van der Waals surface area (Å²) in [6.45, 7) is 5.84. The lowest BCUT2D eigenvalue weighted by Crippen LogP contribution is -2.34. The van der Waals surface area contributed by atoms with Crippen LogP contribution in [0.2, 0.25) is 0 Å². The maximum atomic E-state index is 13.1. The molecule has 0 spiro atoms. The molecule has 1 N–H and O–H groups in total. The van der Waals surface area contributed by atoms with Crippen LogP contribution in [0.5, 0.6) is 0 Å². The Hall–Kier alpha value is -3.75. The number of hydrogen-bond donors (Lipinski definition) is 1. The summed E-state index contributed by atoms with van der Waals surface area (Å²) in [5.41, 5.74) is 0.883. The molecular formula is C19H19N5O4. The van der Waals surface area contributed by atoms with Gasteiger partial charge in [-0.15, -0.1) is 6.58 Å². The van der Waals surface area contributed by atoms with Crippen molar-refractivity contribution in [2.24, 2.45) is 0 Å². The van der Waals surface area contributed by atoms with Crippen LogP contribution in [0.15, 0.2) is 53.7 Å². The molecule has 0 aliphatic rings. The summed E-state index contributed by atoms with van der Waals surface area (Å²) >= 11 is 0. The van der Waals surface area contributed by atoms with Crippen LogP contribution in [-0.4, -0.2) is 55.0 Å². The summed E-state index contributed by atoms with van der Waals surface area (Å²) in [6.07, 6.45) is 4.97. The summed E-state index contributed by atoms with van der Waals surface area (Å²) < 4.78 is 5.39. The highest BCUT2D eigenvalue weighted by Crippen LogP contribution is 2.16. The van der Waals surface area contributed by atoms with E-state index in [4.69, 9.17) is 9.52 Å². The van der Waals surface area contributed by atoms with Crippen molar-refractivity contribution in [3.63, 3.8) is 0 Å². The molecule has 3 aromatic rings. The Balaban J connectivity index is 1.81. The predicted octanol–water partition coefficient (Wildman–Crippen LogP) is 2.13. The molecule has 0 saturated heterocycles. The van der Waals surface area contributed by atoms with Crippen molar-refractivity contribution >= 4 is 11.9 Å². The number of hydrogen-bond acceptors (Lipinski definition) is 6. The van der Waals surface area contributed by atoms with Gasteiger partial charge in [0.15, 0.2) is 11.6 Å². The SMILES string of the molecule is C=CCN(CCc1nc(C(=O)O)c(C)o1)C(=O)c1ccccc1-n1nccn1. The van der Waals surface area contributed by atoms with Crippen molar-refractivity contribution in [2.75, 3.05) is 13.1 Å². The second-order valence-corrected chi connectivity index (χ2v) is 5.94. The number of para-hydroxylation sites is 1. The molecule has 0 fully saturated rings. The molecule has 0 atom stereocenters. The van der Waals surface area contributed by atoms with Gasteiger partial charge in [0.05, 0.1) is 23.6 Å². The van der Waals surface area contributed by atoms with Gasteiger partial charge in [0, 0.05) is 19.5 Å². The van der Waals surface area contributed by atoms with Gasteiger partial charge in [-0.2, -0.15) is 15.0 Å². The Morgan fingerprint density at radius 2 is 2.00 bits per heavy atom. The van der Waals surface area contributed by atoms with Gasteiger partial charge in [0.1, 0.15) is 5.76 Å². The van der Waals surface area contributed by atoms with Crippen molar-refractivity contribution in [2.45, 2.75) is 13.3 Å². The molecule has 144 valence electrons. The van der Waals surface area contributed by atoms with Crippen LogP contribution in [0.4, 0.5) is 0 Å². The van der Waals surface area contributed by atoms with Gasteiger partial charge in [-0.3, -0.25) is 4.79 Å². The van der Waals surface area contributed by atoms with Gasteiger partial charge in [0.25, 0.3) is 5.91 Å². The fraction of sp³-hybridized carbons (Fsp3) is 0.211. The first-order valence-electron chi connectivity index (χ1n) is 8.56. The Bertz CT molecular complexity index is 994. The van der Waals surface area contributed by atoms with Crippen molar-refractivity contribution in [3.8, 4) is 5.69 Å². The summed E-state index contributed by atoms with van der Waals surface area (Å²) in [4.78, 5) is 31.2. The zero-order valence-corrected chi connectivity index (χ0v) is 15.3. The van der Waals surface area contributed by atoms with E-state index in [-0.39, 0.29) is 36.2 Å². The fourth-order valence-electron chi connectivity index (χ4n) is 2.76. The summed E-state index contributed by atoms with van der Waals surface area (Å²) in [6, 6.07) is 7.03. The van der Waals surface area contributed by atoms with Gasteiger partial charge in [-0.05, 0) is 19.1 Å². The number of aromatic nitrogens is 4. The molecule has 9 heteroatoms. The molecule has 9 nitrogen and oxygen atoms in total. The van der Waals surface area contributed by atoms with E-state index in [2.05, 4.69) is 21.8 Å². The minimum atomic E-state index is -1.15. The van der Waals surface area contributed by atoms with E-state index in [1.54, 1.807) is 42.2 Å². The van der Waals surface area contributed by atoms with Crippen LogP contribution in [0, 0.1) is 6.92 Å². The lowest BCUT2D eigenvalue weighted by Gasteiger charge is -2.21. The van der Waals surface area contributed by atoms with Gasteiger partial charge in [-0.25, -0.2) is 9.78 Å². The number of oxazole rings is 1. The smallest absolute Gasteiger partial charge is 0.358 e. The molecular weight excluding hydrogens is 362 g/mol. The molecule has 0 radical (unpaired) electrons. The van der Waals surface area contributed by atoms with Crippen LogP contribution in [0.1, 0.15) is 32.5 Å². The largest absolute Gasteiger partial charge is 0.476 e. The highest BCUT2D eigenvalue weighted by molar-refractivity contribution is 5.97. The monoisotopic (exact) mass is 381 g/mol. The molecule has 0 aliphatic heterocycles. The van der Waals surface area contributed by atoms with E-state index in [1.165, 1.54) is 17.2 Å². The molecule has 0 aliphatic carbocycles. The highest BCUT2D eigenvalue weighted by atomic mass is 16.4. The second kappa shape index (κ2) is 8.30. The zero-order valence-electron chi connectivity index (χ0n) is 15.3. The standard InChI is InChI=1S/C19H19N5O4/c1-3-11-23(12-8-16-22-17(19(26)27)13(2)28-16)18(25)14-6-4-5-7-15(14)24-20-9-10-21-24/h3-7,9-10H,1,8,11-12H2,2H3,(H,26,27). The molecule has 2 heterocycles. The molecule has 0 unspecified atom stereocenters. The maximum absolute atomic E-state index is 13.1. The maximum Gasteiger partial charge on any atom is 0.358 e. The van der Waals surface area contributed by atoms with Gasteiger partial charge in [-0.1, -0.05) is 18.2 Å². The van der Waals surface area contributed by atoms with E-state index in [0.717, 1.165) is 0 Å². The topological polar surface area (TPSA) is 114 Å². The Kier molecular flexibility index (Phi) is 5.64. The second-order valence-electron chi connectivity index (χ2n) is 5.94. The highest BCUT2D eigenvalue weighted by Gasteiger charge is 2.21. The third-order valence-electron chi connectivity index (χ3n) is 4.04.